The summed E-state index contributed by atoms with van der Waals surface area (Å²) >= 11 is 0. The van der Waals surface area contributed by atoms with Crippen LogP contribution in [-0.4, -0.2) is 105 Å². The normalized spacial score (nSPS) is 19.5. The summed E-state index contributed by atoms with van der Waals surface area (Å²) in [5.74, 6) is 3.68. The van der Waals surface area contributed by atoms with Crippen LogP contribution < -0.4 is 19.3 Å². The average molecular weight is 847 g/mol. The molecule has 2 atom stereocenters. The van der Waals surface area contributed by atoms with Gasteiger partial charge in [0.25, 0.3) is 11.8 Å². The zero-order valence-electron chi connectivity index (χ0n) is 36.3. The standard InChI is InChI=1S/2C24H29N3O4/c2*1-15-9-21-22(11-27(24(21)29)16(2)12-28)25-23(15)26-7-5-19(6-8-26)31-20-4-3-17-13-30-14-18(17)10-20/h2*3-4,9-10,16,19,28H,5-8,11-14H2,1-2H3/t2*16-/m10/s1. The Balaban J connectivity index is 0.000000158. The fraction of sp³-hybridized carbons (Fsp3) is 0.500. The van der Waals surface area contributed by atoms with Gasteiger partial charge in [0.15, 0.2) is 0 Å². The number of aryl methyl sites for hydroxylation is 2. The topological polar surface area (TPSA) is 150 Å². The highest BCUT2D eigenvalue weighted by Gasteiger charge is 2.35. The van der Waals surface area contributed by atoms with Gasteiger partial charge in [0, 0.05) is 51.9 Å². The lowest BCUT2D eigenvalue weighted by Gasteiger charge is -2.34. The number of carbonyl (C=O) groups excluding carboxylic acids is 2. The number of amides is 2. The molecule has 10 rings (SSSR count). The molecule has 328 valence electrons. The van der Waals surface area contributed by atoms with Crippen LogP contribution in [0.2, 0.25) is 0 Å². The van der Waals surface area contributed by atoms with Crippen molar-refractivity contribution in [2.45, 2.75) is 117 Å². The molecule has 2 amide bonds. The van der Waals surface area contributed by atoms with Crippen LogP contribution in [0.1, 0.15) is 105 Å². The number of nitrogens with zero attached hydrogens (tertiary/aromatic N) is 6. The molecule has 14 nitrogen and oxygen atoms in total. The van der Waals surface area contributed by atoms with Crippen molar-refractivity contribution in [3.05, 3.63) is 104 Å². The first-order valence-electron chi connectivity index (χ1n) is 22.1. The van der Waals surface area contributed by atoms with E-state index in [1.54, 1.807) is 9.80 Å². The SMILES string of the molecule is Cc1cc2c(nc1N1CCC(Oc3ccc4c(c3)COC4)CC1)CN([C@@H](C)CO)C2=O.Cc1cc2c(nc1N1CCC(Oc3ccc4c(c3)COC4)CC1)CN([C@H](C)CO)C2=O. The number of pyridine rings is 2. The van der Waals surface area contributed by atoms with Gasteiger partial charge in [0.1, 0.15) is 35.3 Å². The minimum Gasteiger partial charge on any atom is -0.490 e. The lowest BCUT2D eigenvalue weighted by Crippen LogP contribution is -2.39. The minimum atomic E-state index is -0.205. The van der Waals surface area contributed by atoms with Crippen LogP contribution in [-0.2, 0) is 49.0 Å². The number of aliphatic hydroxyl groups excluding tert-OH is 2. The van der Waals surface area contributed by atoms with Crippen molar-refractivity contribution >= 4 is 23.5 Å². The molecule has 6 aliphatic heterocycles. The quantitative estimate of drug-likeness (QED) is 0.204. The van der Waals surface area contributed by atoms with E-state index in [0.29, 0.717) is 50.6 Å². The predicted octanol–water partition coefficient (Wildman–Crippen LogP) is 5.61. The third kappa shape index (κ3) is 8.45. The van der Waals surface area contributed by atoms with Crippen LogP contribution in [0.3, 0.4) is 0 Å². The second kappa shape index (κ2) is 17.8. The summed E-state index contributed by atoms with van der Waals surface area (Å²) in [5, 5.41) is 18.9. The van der Waals surface area contributed by atoms with Gasteiger partial charge in [-0.1, -0.05) is 12.1 Å². The van der Waals surface area contributed by atoms with Gasteiger partial charge in [-0.05, 0) is 97.5 Å². The molecule has 0 unspecified atom stereocenters. The predicted molar refractivity (Wildman–Crippen MR) is 232 cm³/mol. The van der Waals surface area contributed by atoms with Gasteiger partial charge in [-0.25, -0.2) is 9.97 Å². The van der Waals surface area contributed by atoms with E-state index in [-0.39, 0.29) is 49.3 Å². The molecule has 2 fully saturated rings. The molecular formula is C48H58N6O8. The third-order valence-corrected chi connectivity index (χ3v) is 13.2. The number of hydrogen-bond acceptors (Lipinski definition) is 12. The number of benzene rings is 2. The maximum absolute atomic E-state index is 12.7. The second-order valence-electron chi connectivity index (χ2n) is 17.6. The van der Waals surface area contributed by atoms with Crippen molar-refractivity contribution in [3.8, 4) is 11.5 Å². The number of rotatable bonds is 10. The van der Waals surface area contributed by atoms with Crippen LogP contribution in [0, 0.1) is 13.8 Å². The molecule has 4 aromatic rings. The zero-order chi connectivity index (χ0) is 43.1. The summed E-state index contributed by atoms with van der Waals surface area (Å²) in [7, 11) is 0. The molecule has 0 spiro atoms. The molecule has 2 saturated heterocycles. The van der Waals surface area contributed by atoms with Gasteiger partial charge in [-0.2, -0.15) is 0 Å². The largest absolute Gasteiger partial charge is 0.490 e. The first-order valence-corrected chi connectivity index (χ1v) is 22.1. The average Bonchev–Trinajstić information content (AvgIpc) is 4.09. The summed E-state index contributed by atoms with van der Waals surface area (Å²) in [6.07, 6.45) is 4.09. The summed E-state index contributed by atoms with van der Waals surface area (Å²) in [6.45, 7) is 14.8. The van der Waals surface area contributed by atoms with E-state index in [0.717, 1.165) is 97.5 Å². The van der Waals surface area contributed by atoms with Crippen LogP contribution in [0.5, 0.6) is 11.5 Å². The van der Waals surface area contributed by atoms with Crippen LogP contribution in [0.4, 0.5) is 11.6 Å². The molecule has 2 aromatic heterocycles. The molecule has 62 heavy (non-hydrogen) atoms. The van der Waals surface area contributed by atoms with Crippen LogP contribution >= 0.6 is 0 Å². The number of aromatic nitrogens is 2. The Morgan fingerprint density at radius 1 is 0.613 bits per heavy atom. The van der Waals surface area contributed by atoms with E-state index in [1.165, 1.54) is 22.3 Å². The Hall–Kier alpha value is -5.28. The maximum atomic E-state index is 12.7. The van der Waals surface area contributed by atoms with Gasteiger partial charge in [-0.3, -0.25) is 9.59 Å². The van der Waals surface area contributed by atoms with E-state index in [1.807, 2.05) is 52.0 Å². The molecule has 0 bridgehead atoms. The van der Waals surface area contributed by atoms with Gasteiger partial charge in [-0.15, -0.1) is 0 Å². The number of ether oxygens (including phenoxy) is 4. The smallest absolute Gasteiger partial charge is 0.256 e. The van der Waals surface area contributed by atoms with Crippen LogP contribution in [0.25, 0.3) is 0 Å². The molecule has 6 aliphatic rings. The van der Waals surface area contributed by atoms with Gasteiger partial charge >= 0.3 is 0 Å². The Labute approximate surface area is 363 Å². The first kappa shape index (κ1) is 42.0. The van der Waals surface area contributed by atoms with Crippen molar-refractivity contribution < 1.29 is 38.7 Å². The highest BCUT2D eigenvalue weighted by atomic mass is 16.5. The molecule has 0 aliphatic carbocycles. The van der Waals surface area contributed by atoms with Gasteiger partial charge in [0.2, 0.25) is 0 Å². The first-order chi connectivity index (χ1) is 30.1. The highest BCUT2D eigenvalue weighted by Crippen LogP contribution is 2.34. The van der Waals surface area contributed by atoms with Crippen LogP contribution in [0.15, 0.2) is 48.5 Å². The molecule has 8 heterocycles. The number of hydrogen-bond donors (Lipinski definition) is 2. The van der Waals surface area contributed by atoms with Gasteiger partial charge in [0.05, 0.1) is 87.3 Å². The molecule has 2 aromatic carbocycles. The number of fused-ring (bicyclic) bond motifs is 4. The number of carbonyl (C=O) groups is 2. The number of anilines is 2. The molecule has 14 heteroatoms. The fourth-order valence-corrected chi connectivity index (χ4v) is 9.42. The molecule has 0 saturated carbocycles. The van der Waals surface area contributed by atoms with Crippen molar-refractivity contribution in [1.82, 2.24) is 19.8 Å². The Kier molecular flexibility index (Phi) is 12.1. The summed E-state index contributed by atoms with van der Waals surface area (Å²) in [6, 6.07) is 16.0. The summed E-state index contributed by atoms with van der Waals surface area (Å²) in [5.41, 5.74) is 9.96. The van der Waals surface area contributed by atoms with E-state index in [2.05, 4.69) is 34.1 Å². The second-order valence-corrected chi connectivity index (χ2v) is 17.6. The van der Waals surface area contributed by atoms with Crippen molar-refractivity contribution in [3.63, 3.8) is 0 Å². The van der Waals surface area contributed by atoms with Crippen molar-refractivity contribution in [2.75, 3.05) is 49.2 Å². The van der Waals surface area contributed by atoms with E-state index < -0.39 is 0 Å². The van der Waals surface area contributed by atoms with E-state index in [4.69, 9.17) is 28.9 Å². The molecule has 2 N–H and O–H groups in total. The minimum absolute atomic E-state index is 0.0365. The van der Waals surface area contributed by atoms with Crippen molar-refractivity contribution in [1.29, 1.82) is 0 Å². The number of aliphatic hydroxyl groups is 2. The monoisotopic (exact) mass is 846 g/mol. The zero-order valence-corrected chi connectivity index (χ0v) is 36.3. The molecular weight excluding hydrogens is 789 g/mol. The highest BCUT2D eigenvalue weighted by molar-refractivity contribution is 5.99. The van der Waals surface area contributed by atoms with Crippen molar-refractivity contribution in [2.24, 2.45) is 0 Å². The van der Waals surface area contributed by atoms with Gasteiger partial charge < -0.3 is 48.8 Å². The Morgan fingerprint density at radius 2 is 1.00 bits per heavy atom. The summed E-state index contributed by atoms with van der Waals surface area (Å²) < 4.78 is 23.5. The lowest BCUT2D eigenvalue weighted by atomic mass is 10.1. The third-order valence-electron chi connectivity index (χ3n) is 13.2. The Bertz CT molecular complexity index is 2160. The van der Waals surface area contributed by atoms with E-state index in [9.17, 15) is 19.8 Å². The number of piperidine rings is 2. The Morgan fingerprint density at radius 3 is 1.39 bits per heavy atom. The molecule has 0 radical (unpaired) electrons. The van der Waals surface area contributed by atoms with E-state index >= 15 is 0 Å². The lowest BCUT2D eigenvalue weighted by molar-refractivity contribution is 0.0637. The maximum Gasteiger partial charge on any atom is 0.256 e. The fourth-order valence-electron chi connectivity index (χ4n) is 9.42. The summed E-state index contributed by atoms with van der Waals surface area (Å²) in [4.78, 5) is 43.1.